The fourth-order valence-electron chi connectivity index (χ4n) is 9.86. The summed E-state index contributed by atoms with van der Waals surface area (Å²) in [6.45, 7) is 11.4. The number of nitrogens with one attached hydrogen (secondary N) is 1. The molecule has 2 saturated carbocycles. The van der Waals surface area contributed by atoms with Crippen LogP contribution >= 0.6 is 0 Å². The third-order valence-corrected chi connectivity index (χ3v) is 12.8. The molecule has 1 aromatic carbocycles. The number of benzene rings is 1. The number of cyclic esters (lactones) is 1. The van der Waals surface area contributed by atoms with Crippen LogP contribution in [0, 0.1) is 22.7 Å². The molecule has 16 nitrogen and oxygen atoms in total. The van der Waals surface area contributed by atoms with Gasteiger partial charge in [-0.05, 0) is 61.1 Å². The van der Waals surface area contributed by atoms with E-state index in [4.69, 9.17) is 28.4 Å². The highest BCUT2D eigenvalue weighted by Gasteiger charge is 2.78. The van der Waals surface area contributed by atoms with Crippen LogP contribution < -0.4 is 5.32 Å². The lowest BCUT2D eigenvalue weighted by Crippen LogP contribution is -2.82. The van der Waals surface area contributed by atoms with Gasteiger partial charge >= 0.3 is 30.0 Å². The number of esters is 4. The van der Waals surface area contributed by atoms with Gasteiger partial charge in [-0.3, -0.25) is 14.4 Å². The number of rotatable bonds is 4. The zero-order valence-electron chi connectivity index (χ0n) is 33.9. The van der Waals surface area contributed by atoms with Gasteiger partial charge in [-0.25, -0.2) is 14.4 Å². The normalized spacial score (nSPS) is 38.0. The molecule has 0 spiro atoms. The summed E-state index contributed by atoms with van der Waals surface area (Å²) in [7, 11) is 0. The first-order valence-corrected chi connectivity index (χ1v) is 19.5. The second-order valence-electron chi connectivity index (χ2n) is 17.3. The molecule has 3 fully saturated rings. The SMILES string of the molecule is CC(=O)O[C@H]1C(=O)[C@@]2(C)[C@H]([C@@H]3OC(=O)c4cccc(c4)/C=C/COC(=O)NC(CC(C)C)[C@@H](O)C(=O)O[C@H]4C[C@]3(O)C(C)(C)C1=C4C)[C@]1(OC(C)=O)CO[C@@H]1C[C@@H]2O. The van der Waals surface area contributed by atoms with Crippen LogP contribution in [0.25, 0.3) is 6.08 Å². The molecule has 11 atom stereocenters. The fraction of sp³-hybridized carbons (Fsp3) is 0.619. The van der Waals surface area contributed by atoms with E-state index in [1.807, 2.05) is 13.8 Å². The largest absolute Gasteiger partial charge is 0.456 e. The van der Waals surface area contributed by atoms with Gasteiger partial charge in [-0.15, -0.1) is 0 Å². The summed E-state index contributed by atoms with van der Waals surface area (Å²) < 4.78 is 35.5. The highest BCUT2D eigenvalue weighted by Crippen LogP contribution is 2.64. The lowest BCUT2D eigenvalue weighted by atomic mass is 9.44. The van der Waals surface area contributed by atoms with Gasteiger partial charge in [0.25, 0.3) is 0 Å². The van der Waals surface area contributed by atoms with Crippen molar-refractivity contribution in [2.45, 2.75) is 129 Å². The predicted molar refractivity (Wildman–Crippen MR) is 201 cm³/mol. The molecule has 1 unspecified atom stereocenters. The molecule has 6 rings (SSSR count). The van der Waals surface area contributed by atoms with E-state index in [1.54, 1.807) is 32.1 Å². The summed E-state index contributed by atoms with van der Waals surface area (Å²) in [5.74, 6) is -6.35. The van der Waals surface area contributed by atoms with Crippen molar-refractivity contribution >= 4 is 41.8 Å². The Labute approximate surface area is 336 Å². The second kappa shape index (κ2) is 15.5. The third kappa shape index (κ3) is 7.11. The number of aliphatic hydroxyl groups is 3. The minimum Gasteiger partial charge on any atom is -0.456 e. The second-order valence-corrected chi connectivity index (χ2v) is 17.3. The van der Waals surface area contributed by atoms with Crippen molar-refractivity contribution in [1.29, 1.82) is 0 Å². The smallest absolute Gasteiger partial charge is 0.407 e. The zero-order valence-corrected chi connectivity index (χ0v) is 33.9. The molecular weight excluding hydrogens is 758 g/mol. The number of carbonyl (C=O) groups is 6. The van der Waals surface area contributed by atoms with E-state index in [0.29, 0.717) is 5.56 Å². The van der Waals surface area contributed by atoms with Gasteiger partial charge in [-0.1, -0.05) is 45.9 Å². The Hall–Kier alpha value is -4.64. The molecule has 3 aliphatic carbocycles. The Morgan fingerprint density at radius 1 is 1.03 bits per heavy atom. The number of Topliss-reactive ketones (excluding diaryl/α,β-unsaturated/α-hetero) is 1. The Morgan fingerprint density at radius 3 is 2.36 bits per heavy atom. The van der Waals surface area contributed by atoms with E-state index >= 15 is 4.79 Å². The van der Waals surface area contributed by atoms with Crippen molar-refractivity contribution in [3.8, 4) is 0 Å². The van der Waals surface area contributed by atoms with Crippen LogP contribution in [0.3, 0.4) is 0 Å². The number of fused-ring (bicyclic) bond motifs is 8. The molecule has 0 radical (unpaired) electrons. The number of ether oxygens (including phenoxy) is 6. The van der Waals surface area contributed by atoms with E-state index in [-0.39, 0.29) is 48.7 Å². The summed E-state index contributed by atoms with van der Waals surface area (Å²) in [6.07, 6.45) is -8.03. The van der Waals surface area contributed by atoms with Crippen molar-refractivity contribution in [3.63, 3.8) is 0 Å². The monoisotopic (exact) mass is 811 g/mol. The van der Waals surface area contributed by atoms with Crippen LogP contribution in [-0.2, 0) is 47.6 Å². The van der Waals surface area contributed by atoms with Gasteiger partial charge in [-0.2, -0.15) is 0 Å². The lowest BCUT2D eigenvalue weighted by Gasteiger charge is -2.67. The van der Waals surface area contributed by atoms with Gasteiger partial charge in [0.1, 0.15) is 30.5 Å². The van der Waals surface area contributed by atoms with Gasteiger partial charge in [0, 0.05) is 32.1 Å². The summed E-state index contributed by atoms with van der Waals surface area (Å²) in [4.78, 5) is 82.6. The molecule has 4 N–H and O–H groups in total. The van der Waals surface area contributed by atoms with Gasteiger partial charge in [0.2, 0.25) is 0 Å². The van der Waals surface area contributed by atoms with Crippen LogP contribution in [0.1, 0.15) is 90.6 Å². The Morgan fingerprint density at radius 2 is 1.74 bits per heavy atom. The zero-order chi connectivity index (χ0) is 42.7. The number of ketones is 1. The highest BCUT2D eigenvalue weighted by molar-refractivity contribution is 5.95. The lowest BCUT2D eigenvalue weighted by molar-refractivity contribution is -0.346. The highest BCUT2D eigenvalue weighted by atomic mass is 16.6. The van der Waals surface area contributed by atoms with Crippen molar-refractivity contribution in [3.05, 3.63) is 52.6 Å². The summed E-state index contributed by atoms with van der Waals surface area (Å²) in [5, 5.41) is 39.6. The van der Waals surface area contributed by atoms with Crippen molar-refractivity contribution in [2.24, 2.45) is 22.7 Å². The van der Waals surface area contributed by atoms with E-state index in [0.717, 1.165) is 13.8 Å². The summed E-state index contributed by atoms with van der Waals surface area (Å²) in [5.41, 5.74) is -7.13. The third-order valence-electron chi connectivity index (χ3n) is 12.8. The van der Waals surface area contributed by atoms with Crippen LogP contribution in [-0.4, -0.2) is 118 Å². The fourth-order valence-corrected chi connectivity index (χ4v) is 9.86. The predicted octanol–water partition coefficient (Wildman–Crippen LogP) is 2.73. The average molecular weight is 812 g/mol. The number of hydrogen-bond donors (Lipinski definition) is 4. The van der Waals surface area contributed by atoms with E-state index in [2.05, 4.69) is 5.32 Å². The van der Waals surface area contributed by atoms with E-state index in [9.17, 15) is 39.3 Å². The van der Waals surface area contributed by atoms with Crippen molar-refractivity contribution in [1.82, 2.24) is 5.32 Å². The number of amides is 1. The molecule has 0 aromatic heterocycles. The van der Waals surface area contributed by atoms with Crippen LogP contribution in [0.15, 0.2) is 41.5 Å². The number of alkyl carbamates (subject to hydrolysis) is 1. The maximum Gasteiger partial charge on any atom is 0.407 e. The molecule has 1 aromatic rings. The standard InChI is InChI=1S/C42H53NO15/c1-20(2)15-26-31(47)37(50)56-27-18-42(52)35(57-36(49)25-13-9-11-24(16-25)12-10-14-53-38(51)43-26)33-40(8,28(46)17-29-41(33,19-54-29)58-23(5)45)34(48)32(55-22(4)44)30(21(27)3)39(42,6)7/h9-13,16,20,26-29,31-33,35,46-47,52H,14-15,17-19H2,1-8H3,(H,43,51)/b12-10+/t26?,27-,28-,29+,31+,32+,33-,35-,40+,41-,42+/m0/s1. The molecule has 1 saturated heterocycles. The Balaban J connectivity index is 1.64. The molecule has 2 aliphatic heterocycles. The molecule has 5 bridgehead atoms. The van der Waals surface area contributed by atoms with Crippen molar-refractivity contribution < 1.29 is 72.5 Å². The molecule has 2 heterocycles. The first kappa shape index (κ1) is 43.0. The molecule has 316 valence electrons. The first-order chi connectivity index (χ1) is 27.1. The van der Waals surface area contributed by atoms with E-state index < -0.39 is 113 Å². The molecule has 16 heteroatoms. The average Bonchev–Trinajstić information content (AvgIpc) is 3.13. The number of aliphatic hydroxyl groups excluding tert-OH is 2. The van der Waals surface area contributed by atoms with Gasteiger partial charge in [0.05, 0.1) is 35.6 Å². The Kier molecular flexibility index (Phi) is 11.5. The minimum atomic E-state index is -2.37. The van der Waals surface area contributed by atoms with Crippen LogP contribution in [0.4, 0.5) is 4.79 Å². The van der Waals surface area contributed by atoms with Crippen molar-refractivity contribution in [2.75, 3.05) is 13.2 Å². The number of carbonyl (C=O) groups excluding carboxylic acids is 6. The molecule has 5 aliphatic rings. The topological polar surface area (TPSA) is 231 Å². The molecule has 58 heavy (non-hydrogen) atoms. The Bertz CT molecular complexity index is 1940. The first-order valence-electron chi connectivity index (χ1n) is 19.5. The summed E-state index contributed by atoms with van der Waals surface area (Å²) in [6, 6.07) is 5.04. The van der Waals surface area contributed by atoms with Gasteiger partial charge < -0.3 is 49.1 Å². The number of hydrogen-bond acceptors (Lipinski definition) is 15. The maximum absolute atomic E-state index is 15.4. The maximum atomic E-state index is 15.4. The van der Waals surface area contributed by atoms with Crippen LogP contribution in [0.5, 0.6) is 0 Å². The van der Waals surface area contributed by atoms with Crippen LogP contribution in [0.2, 0.25) is 0 Å². The minimum absolute atomic E-state index is 0.00800. The quantitative estimate of drug-likeness (QED) is 0.195. The van der Waals surface area contributed by atoms with E-state index in [1.165, 1.54) is 32.1 Å². The summed E-state index contributed by atoms with van der Waals surface area (Å²) >= 11 is 0. The molecular formula is C42H53NO15. The van der Waals surface area contributed by atoms with Gasteiger partial charge in [0.15, 0.2) is 23.6 Å². The molecule has 1 amide bonds.